The predicted octanol–water partition coefficient (Wildman–Crippen LogP) is 1.05. The number of aryl methyl sites for hydroxylation is 2. The second-order valence-electron chi connectivity index (χ2n) is 6.48. The molecule has 0 radical (unpaired) electrons. The summed E-state index contributed by atoms with van der Waals surface area (Å²) < 4.78 is 30.3. The molecule has 0 saturated carbocycles. The monoisotopic (exact) mass is 423 g/mol. The van der Waals surface area contributed by atoms with Crippen LogP contribution in [0.4, 0.5) is 8.78 Å². The van der Waals surface area contributed by atoms with Crippen molar-refractivity contribution in [3.05, 3.63) is 56.2 Å². The highest BCUT2D eigenvalue weighted by Gasteiger charge is 2.17. The zero-order valence-electron chi connectivity index (χ0n) is 16.0. The average Bonchev–Trinajstić information content (AvgIpc) is 2.99. The van der Waals surface area contributed by atoms with Crippen LogP contribution >= 0.6 is 11.8 Å². The zero-order chi connectivity index (χ0) is 21.3. The number of thioether (sulfide) groups is 1. The van der Waals surface area contributed by atoms with Gasteiger partial charge in [-0.25, -0.2) is 18.6 Å². The number of amides is 1. The molecular formula is C18H19F2N5O3S. The third-order valence-electron chi connectivity index (χ3n) is 4.39. The molecule has 0 aliphatic heterocycles. The van der Waals surface area contributed by atoms with Crippen LogP contribution in [0, 0.1) is 11.6 Å². The van der Waals surface area contributed by atoms with Crippen LogP contribution in [0.5, 0.6) is 0 Å². The van der Waals surface area contributed by atoms with Crippen molar-refractivity contribution in [2.75, 3.05) is 5.75 Å². The minimum absolute atomic E-state index is 0.0165. The lowest BCUT2D eigenvalue weighted by Gasteiger charge is -2.07. The topological polar surface area (TPSA) is 90.9 Å². The first-order valence-electron chi connectivity index (χ1n) is 8.66. The number of halogens is 2. The fourth-order valence-electron chi connectivity index (χ4n) is 2.92. The van der Waals surface area contributed by atoms with Crippen LogP contribution in [0.15, 0.2) is 32.9 Å². The Labute approximate surface area is 168 Å². The van der Waals surface area contributed by atoms with Crippen molar-refractivity contribution >= 4 is 28.8 Å². The molecular weight excluding hydrogens is 404 g/mol. The lowest BCUT2D eigenvalue weighted by atomic mass is 10.2. The van der Waals surface area contributed by atoms with Gasteiger partial charge in [-0.15, -0.1) is 0 Å². The first kappa shape index (κ1) is 20.8. The van der Waals surface area contributed by atoms with E-state index in [1.165, 1.54) is 23.4 Å². The summed E-state index contributed by atoms with van der Waals surface area (Å²) in [5.74, 6) is -1.32. The van der Waals surface area contributed by atoms with Crippen molar-refractivity contribution in [2.24, 2.45) is 21.1 Å². The predicted molar refractivity (Wildman–Crippen MR) is 105 cm³/mol. The Morgan fingerprint density at radius 3 is 2.38 bits per heavy atom. The van der Waals surface area contributed by atoms with Gasteiger partial charge in [0, 0.05) is 45.9 Å². The van der Waals surface area contributed by atoms with E-state index in [1.54, 1.807) is 18.7 Å². The standard InChI is InChI=1S/C18H19F2N5O3S/c1-23-15-14(16(27)25(3)18(28)24(15)2)22-17(23)29-5-4-13(26)21-9-10-6-11(19)8-12(20)7-10/h6-8H,4-5,9H2,1-3H3,(H,21,26). The number of benzene rings is 1. The molecule has 2 heterocycles. The van der Waals surface area contributed by atoms with Gasteiger partial charge < -0.3 is 9.88 Å². The minimum Gasteiger partial charge on any atom is -0.352 e. The summed E-state index contributed by atoms with van der Waals surface area (Å²) in [6, 6.07) is 3.08. The number of fused-ring (bicyclic) bond motifs is 1. The van der Waals surface area contributed by atoms with Crippen LogP contribution in [0.3, 0.4) is 0 Å². The van der Waals surface area contributed by atoms with Gasteiger partial charge in [0.25, 0.3) is 5.56 Å². The maximum atomic E-state index is 13.2. The highest BCUT2D eigenvalue weighted by atomic mass is 32.2. The Morgan fingerprint density at radius 2 is 1.72 bits per heavy atom. The van der Waals surface area contributed by atoms with E-state index < -0.39 is 22.9 Å². The lowest BCUT2D eigenvalue weighted by molar-refractivity contribution is -0.120. The van der Waals surface area contributed by atoms with Crippen molar-refractivity contribution in [3.63, 3.8) is 0 Å². The molecule has 0 aliphatic rings. The molecule has 0 atom stereocenters. The van der Waals surface area contributed by atoms with Gasteiger partial charge in [0.2, 0.25) is 5.91 Å². The summed E-state index contributed by atoms with van der Waals surface area (Å²) in [7, 11) is 4.64. The van der Waals surface area contributed by atoms with Gasteiger partial charge in [-0.2, -0.15) is 0 Å². The first-order chi connectivity index (χ1) is 13.7. The molecule has 3 rings (SSSR count). The second kappa shape index (κ2) is 8.19. The Hall–Kier alpha value is -2.95. The van der Waals surface area contributed by atoms with E-state index >= 15 is 0 Å². The third kappa shape index (κ3) is 4.24. The maximum Gasteiger partial charge on any atom is 0.332 e. The van der Waals surface area contributed by atoms with Gasteiger partial charge in [0.15, 0.2) is 16.3 Å². The molecule has 3 aromatic rings. The molecule has 1 aromatic carbocycles. The molecule has 2 aromatic heterocycles. The van der Waals surface area contributed by atoms with E-state index in [4.69, 9.17) is 0 Å². The average molecular weight is 423 g/mol. The molecule has 1 N–H and O–H groups in total. The number of nitrogens with zero attached hydrogens (tertiary/aromatic N) is 4. The third-order valence-corrected chi connectivity index (χ3v) is 5.43. The van der Waals surface area contributed by atoms with E-state index in [2.05, 4.69) is 10.3 Å². The summed E-state index contributed by atoms with van der Waals surface area (Å²) >= 11 is 1.26. The van der Waals surface area contributed by atoms with E-state index in [0.29, 0.717) is 22.1 Å². The number of carbonyl (C=O) groups excluding carboxylic acids is 1. The number of nitrogens with one attached hydrogen (secondary N) is 1. The van der Waals surface area contributed by atoms with Crippen molar-refractivity contribution in [1.29, 1.82) is 0 Å². The number of rotatable bonds is 6. The van der Waals surface area contributed by atoms with Crippen LogP contribution in [-0.4, -0.2) is 30.3 Å². The zero-order valence-corrected chi connectivity index (χ0v) is 16.8. The summed E-state index contributed by atoms with van der Waals surface area (Å²) in [6.07, 6.45) is 0.141. The van der Waals surface area contributed by atoms with Gasteiger partial charge in [-0.1, -0.05) is 11.8 Å². The quantitative estimate of drug-likeness (QED) is 0.599. The molecule has 0 fully saturated rings. The van der Waals surface area contributed by atoms with Crippen molar-refractivity contribution in [1.82, 2.24) is 24.0 Å². The molecule has 0 bridgehead atoms. The van der Waals surface area contributed by atoms with Gasteiger partial charge in [0.05, 0.1) is 0 Å². The minimum atomic E-state index is -0.702. The normalized spacial score (nSPS) is 11.2. The Balaban J connectivity index is 1.64. The molecule has 0 spiro atoms. The van der Waals surface area contributed by atoms with Crippen LogP contribution in [0.2, 0.25) is 0 Å². The highest BCUT2D eigenvalue weighted by molar-refractivity contribution is 7.99. The Morgan fingerprint density at radius 1 is 1.07 bits per heavy atom. The number of hydrogen-bond acceptors (Lipinski definition) is 5. The first-order valence-corrected chi connectivity index (χ1v) is 9.64. The molecule has 1 amide bonds. The Bertz CT molecular complexity index is 1190. The summed E-state index contributed by atoms with van der Waals surface area (Å²) in [6.45, 7) is 0.0165. The number of hydrogen-bond donors (Lipinski definition) is 1. The molecule has 29 heavy (non-hydrogen) atoms. The summed E-state index contributed by atoms with van der Waals surface area (Å²) in [5.41, 5.74) is -0.0215. The fraction of sp³-hybridized carbons (Fsp3) is 0.333. The second-order valence-corrected chi connectivity index (χ2v) is 7.55. The van der Waals surface area contributed by atoms with Gasteiger partial charge >= 0.3 is 5.69 Å². The van der Waals surface area contributed by atoms with Crippen molar-refractivity contribution in [2.45, 2.75) is 18.1 Å². The van der Waals surface area contributed by atoms with Crippen LogP contribution in [0.1, 0.15) is 12.0 Å². The summed E-state index contributed by atoms with van der Waals surface area (Å²) in [5, 5.41) is 3.10. The van der Waals surface area contributed by atoms with Gasteiger partial charge in [-0.3, -0.25) is 18.7 Å². The van der Waals surface area contributed by atoms with Crippen molar-refractivity contribution in [3.8, 4) is 0 Å². The van der Waals surface area contributed by atoms with Crippen LogP contribution in [-0.2, 0) is 32.5 Å². The van der Waals surface area contributed by atoms with E-state index in [-0.39, 0.29) is 24.4 Å². The Kier molecular flexibility index (Phi) is 5.87. The number of imidazole rings is 1. The number of aromatic nitrogens is 4. The fourth-order valence-corrected chi connectivity index (χ4v) is 3.83. The largest absolute Gasteiger partial charge is 0.352 e. The lowest BCUT2D eigenvalue weighted by Crippen LogP contribution is -2.37. The van der Waals surface area contributed by atoms with E-state index in [0.717, 1.165) is 22.8 Å². The van der Waals surface area contributed by atoms with Crippen molar-refractivity contribution < 1.29 is 13.6 Å². The van der Waals surface area contributed by atoms with E-state index in [9.17, 15) is 23.2 Å². The molecule has 154 valence electrons. The molecule has 8 nitrogen and oxygen atoms in total. The van der Waals surface area contributed by atoms with E-state index in [1.807, 2.05) is 0 Å². The summed E-state index contributed by atoms with van der Waals surface area (Å²) in [4.78, 5) is 40.6. The molecule has 0 unspecified atom stereocenters. The van der Waals surface area contributed by atoms with Crippen LogP contribution in [0.25, 0.3) is 11.2 Å². The SMILES string of the molecule is Cn1c(=O)c2nc(SCCC(=O)NCc3cc(F)cc(F)c3)n(C)c2n(C)c1=O. The van der Waals surface area contributed by atoms with Gasteiger partial charge in [-0.05, 0) is 17.7 Å². The highest BCUT2D eigenvalue weighted by Crippen LogP contribution is 2.20. The van der Waals surface area contributed by atoms with Crippen LogP contribution < -0.4 is 16.6 Å². The smallest absolute Gasteiger partial charge is 0.332 e. The molecule has 11 heteroatoms. The maximum absolute atomic E-state index is 13.2. The number of carbonyl (C=O) groups is 1. The molecule has 0 aliphatic carbocycles. The van der Waals surface area contributed by atoms with Gasteiger partial charge in [0.1, 0.15) is 11.6 Å². The molecule has 0 saturated heterocycles.